The first-order valence-corrected chi connectivity index (χ1v) is 12.3. The fourth-order valence-electron chi connectivity index (χ4n) is 4.45. The lowest BCUT2D eigenvalue weighted by Gasteiger charge is -2.31. The molecule has 0 N–H and O–H groups in total. The van der Waals surface area contributed by atoms with Gasteiger partial charge in [0.15, 0.2) is 5.78 Å². The Morgan fingerprint density at radius 3 is 2.48 bits per heavy atom. The molecule has 1 aliphatic rings. The van der Waals surface area contributed by atoms with Gasteiger partial charge in [-0.1, -0.05) is 60.1 Å². The highest BCUT2D eigenvalue weighted by atomic mass is 35.5. The van der Waals surface area contributed by atoms with Crippen LogP contribution in [-0.4, -0.2) is 39.5 Å². The molecule has 4 aromatic rings. The molecule has 0 saturated carbocycles. The van der Waals surface area contributed by atoms with E-state index in [2.05, 4.69) is 5.10 Å². The van der Waals surface area contributed by atoms with Gasteiger partial charge in [-0.05, 0) is 37.5 Å². The highest BCUT2D eigenvalue weighted by Gasteiger charge is 2.29. The molecule has 7 heteroatoms. The van der Waals surface area contributed by atoms with Crippen molar-refractivity contribution in [3.8, 4) is 0 Å². The number of amides is 1. The number of ketones is 1. The number of rotatable bonds is 5. The fraction of sp³-hybridized carbons (Fsp3) is 0.269. The summed E-state index contributed by atoms with van der Waals surface area (Å²) in [5.41, 5.74) is 2.65. The van der Waals surface area contributed by atoms with Crippen LogP contribution in [0.3, 0.4) is 0 Å². The summed E-state index contributed by atoms with van der Waals surface area (Å²) < 4.78 is 1.93. The molecule has 1 amide bonds. The highest BCUT2D eigenvalue weighted by molar-refractivity contribution is 7.20. The molecule has 2 aromatic heterocycles. The lowest BCUT2D eigenvalue weighted by molar-refractivity contribution is 0.0654. The molecule has 3 heterocycles. The normalized spacial score (nSPS) is 14.7. The van der Waals surface area contributed by atoms with Gasteiger partial charge in [0.2, 0.25) is 0 Å². The summed E-state index contributed by atoms with van der Waals surface area (Å²) in [7, 11) is 0. The molecular weight excluding hydrogens is 454 g/mol. The second-order valence-electron chi connectivity index (χ2n) is 8.46. The number of halogens is 1. The summed E-state index contributed by atoms with van der Waals surface area (Å²) in [6.45, 7) is 3.72. The maximum absolute atomic E-state index is 13.2. The van der Waals surface area contributed by atoms with Gasteiger partial charge in [0.1, 0.15) is 4.83 Å². The Morgan fingerprint density at radius 1 is 1.06 bits per heavy atom. The third-order valence-corrected chi connectivity index (χ3v) is 7.81. The summed E-state index contributed by atoms with van der Waals surface area (Å²) >= 11 is 7.81. The van der Waals surface area contributed by atoms with Gasteiger partial charge >= 0.3 is 0 Å². The van der Waals surface area contributed by atoms with E-state index in [0.717, 1.165) is 27.0 Å². The molecule has 1 fully saturated rings. The second kappa shape index (κ2) is 9.12. The van der Waals surface area contributed by atoms with E-state index in [0.29, 0.717) is 42.4 Å². The number of hydrogen-bond donors (Lipinski definition) is 0. The van der Waals surface area contributed by atoms with Crippen LogP contribution in [0.1, 0.15) is 44.1 Å². The Hall–Kier alpha value is -2.96. The van der Waals surface area contributed by atoms with Crippen molar-refractivity contribution in [1.82, 2.24) is 14.7 Å². The molecular formula is C26H24ClN3O2S. The van der Waals surface area contributed by atoms with Crippen LogP contribution in [0.2, 0.25) is 5.02 Å². The number of fused-ring (bicyclic) bond motifs is 1. The molecule has 0 unspecified atom stereocenters. The molecule has 5 rings (SSSR count). The maximum atomic E-state index is 13.2. The average Bonchev–Trinajstić information content (AvgIpc) is 3.41. The number of carbonyl (C=O) groups excluding carboxylic acids is 2. The number of piperidine rings is 1. The summed E-state index contributed by atoms with van der Waals surface area (Å²) in [5, 5.41) is 6.38. The predicted octanol–water partition coefficient (Wildman–Crippen LogP) is 5.84. The Balaban J connectivity index is 1.30. The van der Waals surface area contributed by atoms with Crippen LogP contribution in [0.5, 0.6) is 0 Å². The van der Waals surface area contributed by atoms with E-state index in [1.54, 1.807) is 0 Å². The number of hydrogen-bond acceptors (Lipinski definition) is 4. The molecule has 0 atom stereocenters. The highest BCUT2D eigenvalue weighted by Crippen LogP contribution is 2.31. The van der Waals surface area contributed by atoms with Crippen LogP contribution in [-0.2, 0) is 6.54 Å². The number of aromatic nitrogens is 2. The minimum atomic E-state index is -0.0229. The van der Waals surface area contributed by atoms with E-state index in [1.807, 2.05) is 77.2 Å². The van der Waals surface area contributed by atoms with Crippen molar-refractivity contribution in [2.75, 3.05) is 13.1 Å². The van der Waals surface area contributed by atoms with Crippen molar-refractivity contribution in [3.63, 3.8) is 0 Å². The van der Waals surface area contributed by atoms with Crippen LogP contribution in [0, 0.1) is 12.8 Å². The third-order valence-electron chi connectivity index (χ3n) is 6.31. The van der Waals surface area contributed by atoms with E-state index in [-0.39, 0.29) is 17.6 Å². The van der Waals surface area contributed by atoms with Gasteiger partial charge in [-0.25, -0.2) is 0 Å². The summed E-state index contributed by atoms with van der Waals surface area (Å²) in [6, 6.07) is 19.1. The van der Waals surface area contributed by atoms with Crippen molar-refractivity contribution in [3.05, 3.63) is 87.4 Å². The van der Waals surface area contributed by atoms with E-state index in [1.165, 1.54) is 11.3 Å². The first kappa shape index (κ1) is 21.9. The lowest BCUT2D eigenvalue weighted by atomic mass is 9.89. The van der Waals surface area contributed by atoms with Gasteiger partial charge in [0.05, 0.1) is 17.1 Å². The average molecular weight is 478 g/mol. The Kier molecular flexibility index (Phi) is 6.04. The maximum Gasteiger partial charge on any atom is 0.264 e. The first-order chi connectivity index (χ1) is 16.0. The summed E-state index contributed by atoms with van der Waals surface area (Å²) in [5.74, 6) is 0.190. The van der Waals surface area contributed by atoms with E-state index in [4.69, 9.17) is 11.6 Å². The number of carbonyl (C=O) groups is 2. The van der Waals surface area contributed by atoms with Gasteiger partial charge in [-0.2, -0.15) is 5.10 Å². The molecule has 168 valence electrons. The monoisotopic (exact) mass is 477 g/mol. The number of aryl methyl sites for hydroxylation is 1. The molecule has 1 aliphatic heterocycles. The smallest absolute Gasteiger partial charge is 0.264 e. The van der Waals surface area contributed by atoms with Crippen LogP contribution in [0.4, 0.5) is 0 Å². The number of thiophene rings is 1. The fourth-order valence-corrected chi connectivity index (χ4v) is 5.78. The molecule has 0 aliphatic carbocycles. The third kappa shape index (κ3) is 4.33. The molecule has 2 aromatic carbocycles. The number of nitrogens with zero attached hydrogens (tertiary/aromatic N) is 3. The zero-order chi connectivity index (χ0) is 22.9. The van der Waals surface area contributed by atoms with Crippen LogP contribution >= 0.6 is 22.9 Å². The standard InChI is InChI=1S/C26H24ClN3O2S/c1-17-21-15-23(33-26(21)30(28-17)16-20-9-5-6-10-22(20)27)25(32)29-13-11-19(12-14-29)24(31)18-7-3-2-4-8-18/h2-10,15,19H,11-14,16H2,1H3. The largest absolute Gasteiger partial charge is 0.338 e. The van der Waals surface area contributed by atoms with Crippen LogP contribution in [0.15, 0.2) is 60.7 Å². The van der Waals surface area contributed by atoms with Gasteiger partial charge in [0.25, 0.3) is 5.91 Å². The van der Waals surface area contributed by atoms with Crippen molar-refractivity contribution >= 4 is 44.8 Å². The molecule has 0 radical (unpaired) electrons. The Bertz CT molecular complexity index is 1320. The number of likely N-dealkylation sites (tertiary alicyclic amines) is 1. The van der Waals surface area contributed by atoms with Crippen molar-refractivity contribution < 1.29 is 9.59 Å². The molecule has 33 heavy (non-hydrogen) atoms. The molecule has 0 bridgehead atoms. The van der Waals surface area contributed by atoms with Crippen LogP contribution in [0.25, 0.3) is 10.2 Å². The molecule has 5 nitrogen and oxygen atoms in total. The Morgan fingerprint density at radius 2 is 1.76 bits per heavy atom. The first-order valence-electron chi connectivity index (χ1n) is 11.1. The van der Waals surface area contributed by atoms with E-state index < -0.39 is 0 Å². The van der Waals surface area contributed by atoms with Crippen molar-refractivity contribution in [1.29, 1.82) is 0 Å². The zero-order valence-electron chi connectivity index (χ0n) is 18.3. The molecule has 0 spiro atoms. The summed E-state index contributed by atoms with van der Waals surface area (Å²) in [6.07, 6.45) is 1.40. The van der Waals surface area contributed by atoms with Gasteiger partial charge in [-0.15, -0.1) is 11.3 Å². The van der Waals surface area contributed by atoms with Gasteiger partial charge in [0, 0.05) is 35.0 Å². The van der Waals surface area contributed by atoms with Crippen molar-refractivity contribution in [2.24, 2.45) is 5.92 Å². The second-order valence-corrected chi connectivity index (χ2v) is 9.90. The number of benzene rings is 2. The topological polar surface area (TPSA) is 55.2 Å². The zero-order valence-corrected chi connectivity index (χ0v) is 19.9. The Labute approximate surface area is 201 Å². The minimum Gasteiger partial charge on any atom is -0.338 e. The minimum absolute atomic E-state index is 0.0229. The van der Waals surface area contributed by atoms with E-state index >= 15 is 0 Å². The lowest BCUT2D eigenvalue weighted by Crippen LogP contribution is -2.40. The SMILES string of the molecule is Cc1nn(Cc2ccccc2Cl)c2sc(C(=O)N3CCC(C(=O)c4ccccc4)CC3)cc12. The summed E-state index contributed by atoms with van der Waals surface area (Å²) in [4.78, 5) is 29.6. The molecule has 1 saturated heterocycles. The van der Waals surface area contributed by atoms with Crippen molar-refractivity contribution in [2.45, 2.75) is 26.3 Å². The van der Waals surface area contributed by atoms with E-state index in [9.17, 15) is 9.59 Å². The predicted molar refractivity (Wildman–Crippen MR) is 132 cm³/mol. The van der Waals surface area contributed by atoms with Gasteiger partial charge < -0.3 is 4.90 Å². The quantitative estimate of drug-likeness (QED) is 0.339. The van der Waals surface area contributed by atoms with Gasteiger partial charge in [-0.3, -0.25) is 14.3 Å². The van der Waals surface area contributed by atoms with Crippen LogP contribution < -0.4 is 0 Å². The number of Topliss-reactive ketones (excluding diaryl/α,β-unsaturated/α-hetero) is 1.